The molecule has 0 fully saturated rings. The summed E-state index contributed by atoms with van der Waals surface area (Å²) in [6.07, 6.45) is 0. The molecule has 2 aromatic rings. The quantitative estimate of drug-likeness (QED) is 0.804. The summed E-state index contributed by atoms with van der Waals surface area (Å²) in [5.41, 5.74) is 3.83. The van der Waals surface area contributed by atoms with Gasteiger partial charge in [0.2, 0.25) is 0 Å². The minimum absolute atomic E-state index is 0.267. The van der Waals surface area contributed by atoms with Crippen molar-refractivity contribution in [2.45, 2.75) is 32.9 Å². The zero-order chi connectivity index (χ0) is 15.4. The Morgan fingerprint density at radius 3 is 2.10 bits per heavy atom. The molecule has 0 spiro atoms. The van der Waals surface area contributed by atoms with Crippen LogP contribution >= 0.6 is 15.9 Å². The lowest BCUT2D eigenvalue weighted by molar-refractivity contribution is 0.411. The van der Waals surface area contributed by atoms with E-state index < -0.39 is 0 Å². The molecule has 2 atom stereocenters. The van der Waals surface area contributed by atoms with Crippen molar-refractivity contribution in [1.29, 1.82) is 0 Å². The van der Waals surface area contributed by atoms with Gasteiger partial charge in [0.15, 0.2) is 0 Å². The van der Waals surface area contributed by atoms with Crippen LogP contribution in [0.5, 0.6) is 5.75 Å². The van der Waals surface area contributed by atoms with Gasteiger partial charge in [0.05, 0.1) is 11.6 Å². The van der Waals surface area contributed by atoms with E-state index in [9.17, 15) is 0 Å². The maximum atomic E-state index is 5.27. The van der Waals surface area contributed by atoms with Crippen LogP contribution in [0.15, 0.2) is 46.9 Å². The topological polar surface area (TPSA) is 21.3 Å². The van der Waals surface area contributed by atoms with E-state index in [4.69, 9.17) is 4.74 Å². The van der Waals surface area contributed by atoms with Crippen LogP contribution in [-0.4, -0.2) is 7.11 Å². The standard InChI is InChI=1S/C18H22BrNO/c1-12-5-7-15(8-6-12)13(2)20-14(3)16-9-10-18(21-4)17(19)11-16/h5-11,13-14,20H,1-4H3/t13-,14?/m0/s1. The highest BCUT2D eigenvalue weighted by molar-refractivity contribution is 9.10. The van der Waals surface area contributed by atoms with Gasteiger partial charge in [0.25, 0.3) is 0 Å². The highest BCUT2D eigenvalue weighted by Gasteiger charge is 2.12. The molecule has 3 heteroatoms. The van der Waals surface area contributed by atoms with E-state index in [0.29, 0.717) is 6.04 Å². The fraction of sp³-hybridized carbons (Fsp3) is 0.333. The number of hydrogen-bond acceptors (Lipinski definition) is 2. The molecule has 0 aromatic heterocycles. The van der Waals surface area contributed by atoms with Gasteiger partial charge in [-0.1, -0.05) is 35.9 Å². The summed E-state index contributed by atoms with van der Waals surface area (Å²) >= 11 is 3.54. The number of methoxy groups -OCH3 is 1. The average Bonchev–Trinajstić information content (AvgIpc) is 2.47. The van der Waals surface area contributed by atoms with Crippen LogP contribution in [0.25, 0.3) is 0 Å². The molecule has 0 bridgehead atoms. The molecular weight excluding hydrogens is 326 g/mol. The van der Waals surface area contributed by atoms with Gasteiger partial charge >= 0.3 is 0 Å². The first-order valence-electron chi connectivity index (χ1n) is 7.17. The van der Waals surface area contributed by atoms with Gasteiger partial charge < -0.3 is 10.1 Å². The summed E-state index contributed by atoms with van der Waals surface area (Å²) in [6.45, 7) is 6.48. The number of hydrogen-bond donors (Lipinski definition) is 1. The Morgan fingerprint density at radius 1 is 0.952 bits per heavy atom. The van der Waals surface area contributed by atoms with E-state index in [1.54, 1.807) is 7.11 Å². The minimum Gasteiger partial charge on any atom is -0.496 e. The highest BCUT2D eigenvalue weighted by Crippen LogP contribution is 2.29. The van der Waals surface area contributed by atoms with E-state index in [2.05, 4.69) is 78.4 Å². The molecule has 21 heavy (non-hydrogen) atoms. The number of benzene rings is 2. The van der Waals surface area contributed by atoms with Crippen LogP contribution in [0.2, 0.25) is 0 Å². The van der Waals surface area contributed by atoms with Gasteiger partial charge in [-0.05, 0) is 60.0 Å². The molecule has 1 N–H and O–H groups in total. The molecule has 2 nitrogen and oxygen atoms in total. The van der Waals surface area contributed by atoms with Crippen molar-refractivity contribution in [3.63, 3.8) is 0 Å². The third kappa shape index (κ3) is 4.08. The average molecular weight is 348 g/mol. The number of halogens is 1. The lowest BCUT2D eigenvalue weighted by atomic mass is 10.0. The molecule has 0 aliphatic carbocycles. The van der Waals surface area contributed by atoms with E-state index in [1.807, 2.05) is 6.07 Å². The molecule has 0 radical (unpaired) electrons. The van der Waals surface area contributed by atoms with Crippen LogP contribution in [-0.2, 0) is 0 Å². The van der Waals surface area contributed by atoms with Crippen LogP contribution < -0.4 is 10.1 Å². The van der Waals surface area contributed by atoms with Crippen molar-refractivity contribution in [2.24, 2.45) is 0 Å². The molecular formula is C18H22BrNO. The fourth-order valence-electron chi connectivity index (χ4n) is 2.37. The Kier molecular flexibility index (Phi) is 5.43. The highest BCUT2D eigenvalue weighted by atomic mass is 79.9. The summed E-state index contributed by atoms with van der Waals surface area (Å²) in [5.74, 6) is 0.859. The third-order valence-corrected chi connectivity index (χ3v) is 4.37. The number of aryl methyl sites for hydroxylation is 1. The summed E-state index contributed by atoms with van der Waals surface area (Å²) in [7, 11) is 1.68. The van der Waals surface area contributed by atoms with Gasteiger partial charge in [-0.15, -0.1) is 0 Å². The largest absolute Gasteiger partial charge is 0.496 e. The summed E-state index contributed by atoms with van der Waals surface area (Å²) < 4.78 is 6.26. The smallest absolute Gasteiger partial charge is 0.133 e. The molecule has 2 aromatic carbocycles. The van der Waals surface area contributed by atoms with Crippen molar-refractivity contribution < 1.29 is 4.74 Å². The predicted molar refractivity (Wildman–Crippen MR) is 91.8 cm³/mol. The Labute approximate surface area is 135 Å². The molecule has 0 amide bonds. The molecule has 0 aliphatic heterocycles. The van der Waals surface area contributed by atoms with Crippen molar-refractivity contribution in [2.75, 3.05) is 7.11 Å². The monoisotopic (exact) mass is 347 g/mol. The molecule has 0 heterocycles. The van der Waals surface area contributed by atoms with Crippen molar-refractivity contribution in [1.82, 2.24) is 5.32 Å². The van der Waals surface area contributed by atoms with E-state index in [1.165, 1.54) is 16.7 Å². The molecule has 2 rings (SSSR count). The molecule has 112 valence electrons. The number of rotatable bonds is 5. The number of nitrogens with one attached hydrogen (secondary N) is 1. The second-order valence-corrected chi connectivity index (χ2v) is 6.27. The van der Waals surface area contributed by atoms with Crippen molar-refractivity contribution >= 4 is 15.9 Å². The summed E-state index contributed by atoms with van der Waals surface area (Å²) in [6, 6.07) is 15.5. The van der Waals surface area contributed by atoms with Gasteiger partial charge in [-0.2, -0.15) is 0 Å². The Morgan fingerprint density at radius 2 is 1.52 bits per heavy atom. The maximum absolute atomic E-state index is 5.27. The van der Waals surface area contributed by atoms with E-state index in [0.717, 1.165) is 10.2 Å². The Bertz CT molecular complexity index is 595. The fourth-order valence-corrected chi connectivity index (χ4v) is 2.93. The minimum atomic E-state index is 0.267. The van der Waals surface area contributed by atoms with Gasteiger partial charge in [-0.3, -0.25) is 0 Å². The maximum Gasteiger partial charge on any atom is 0.133 e. The molecule has 0 saturated heterocycles. The first-order valence-corrected chi connectivity index (χ1v) is 7.96. The lowest BCUT2D eigenvalue weighted by Crippen LogP contribution is -2.22. The zero-order valence-corrected chi connectivity index (χ0v) is 14.6. The second kappa shape index (κ2) is 7.10. The Balaban J connectivity index is 2.08. The van der Waals surface area contributed by atoms with Crippen molar-refractivity contribution in [3.8, 4) is 5.75 Å². The molecule has 0 aliphatic rings. The third-order valence-electron chi connectivity index (χ3n) is 3.75. The first kappa shape index (κ1) is 16.1. The summed E-state index contributed by atoms with van der Waals surface area (Å²) in [4.78, 5) is 0. The second-order valence-electron chi connectivity index (χ2n) is 5.41. The SMILES string of the molecule is COc1ccc(C(C)N[C@@H](C)c2ccc(C)cc2)cc1Br. The Hall–Kier alpha value is -1.32. The summed E-state index contributed by atoms with van der Waals surface area (Å²) in [5, 5.41) is 3.63. The van der Waals surface area contributed by atoms with Crippen LogP contribution in [0.1, 0.15) is 42.6 Å². The first-order chi connectivity index (χ1) is 10.0. The van der Waals surface area contributed by atoms with Crippen LogP contribution in [0, 0.1) is 6.92 Å². The predicted octanol–water partition coefficient (Wildman–Crippen LogP) is 5.18. The van der Waals surface area contributed by atoms with Crippen molar-refractivity contribution in [3.05, 3.63) is 63.6 Å². The van der Waals surface area contributed by atoms with Gasteiger partial charge in [-0.25, -0.2) is 0 Å². The van der Waals surface area contributed by atoms with Gasteiger partial charge in [0.1, 0.15) is 5.75 Å². The molecule has 1 unspecified atom stereocenters. The molecule has 0 saturated carbocycles. The normalized spacial score (nSPS) is 13.8. The van der Waals surface area contributed by atoms with Crippen LogP contribution in [0.3, 0.4) is 0 Å². The van der Waals surface area contributed by atoms with E-state index >= 15 is 0 Å². The van der Waals surface area contributed by atoms with Crippen LogP contribution in [0.4, 0.5) is 0 Å². The van der Waals surface area contributed by atoms with Gasteiger partial charge in [0, 0.05) is 12.1 Å². The lowest BCUT2D eigenvalue weighted by Gasteiger charge is -2.21. The van der Waals surface area contributed by atoms with E-state index in [-0.39, 0.29) is 6.04 Å². The number of ether oxygens (including phenoxy) is 1. The zero-order valence-electron chi connectivity index (χ0n) is 13.0.